The molecule has 0 unspecified atom stereocenters. The van der Waals surface area contributed by atoms with Gasteiger partial charge in [-0.05, 0) is 18.9 Å². The quantitative estimate of drug-likeness (QED) is 0.855. The van der Waals surface area contributed by atoms with E-state index in [4.69, 9.17) is 5.73 Å². The molecule has 1 aliphatic heterocycles. The van der Waals surface area contributed by atoms with Crippen LogP contribution in [0.15, 0.2) is 12.3 Å². The lowest BCUT2D eigenvalue weighted by molar-refractivity contribution is -0.121. The fourth-order valence-corrected chi connectivity index (χ4v) is 2.52. The highest BCUT2D eigenvalue weighted by Gasteiger charge is 2.25. The molecule has 0 atom stereocenters. The van der Waals surface area contributed by atoms with Crippen molar-refractivity contribution in [2.75, 3.05) is 18.8 Å². The second-order valence-corrected chi connectivity index (χ2v) is 5.26. The van der Waals surface area contributed by atoms with E-state index < -0.39 is 0 Å². The van der Waals surface area contributed by atoms with Crippen molar-refractivity contribution in [1.82, 2.24) is 14.8 Å². The molecular weight excluding hydrogens is 256 g/mol. The molecule has 3 N–H and O–H groups in total. The minimum atomic E-state index is 0.00414. The number of hydrogen-bond donors (Lipinski definition) is 2. The minimum absolute atomic E-state index is 0.00414. The van der Waals surface area contributed by atoms with Gasteiger partial charge in [-0.2, -0.15) is 0 Å². The van der Waals surface area contributed by atoms with Gasteiger partial charge in [0.1, 0.15) is 5.69 Å². The average molecular weight is 278 g/mol. The zero-order chi connectivity index (χ0) is 14.7. The molecule has 1 fully saturated rings. The summed E-state index contributed by atoms with van der Waals surface area (Å²) in [6.45, 7) is 3.17. The van der Waals surface area contributed by atoms with Crippen LogP contribution in [0.1, 0.15) is 36.7 Å². The van der Waals surface area contributed by atoms with Crippen molar-refractivity contribution < 1.29 is 9.59 Å². The lowest BCUT2D eigenvalue weighted by Gasteiger charge is -2.32. The molecule has 1 aromatic rings. The summed E-state index contributed by atoms with van der Waals surface area (Å²) in [6, 6.07) is 1.89. The molecule has 110 valence electrons. The summed E-state index contributed by atoms with van der Waals surface area (Å²) in [5.74, 6) is 0.0782. The zero-order valence-electron chi connectivity index (χ0n) is 12.1. The van der Waals surface area contributed by atoms with Crippen LogP contribution in [0.25, 0.3) is 0 Å². The second kappa shape index (κ2) is 5.98. The van der Waals surface area contributed by atoms with E-state index in [2.05, 4.69) is 5.32 Å². The van der Waals surface area contributed by atoms with Crippen LogP contribution < -0.4 is 11.1 Å². The third kappa shape index (κ3) is 3.12. The lowest BCUT2D eigenvalue weighted by Crippen LogP contribution is -2.46. The molecule has 0 radical (unpaired) electrons. The first-order chi connectivity index (χ1) is 9.51. The fraction of sp³-hybridized carbons (Fsp3) is 0.571. The number of aromatic nitrogens is 1. The molecule has 0 aromatic carbocycles. The van der Waals surface area contributed by atoms with Crippen molar-refractivity contribution in [3.8, 4) is 0 Å². The van der Waals surface area contributed by atoms with Crippen molar-refractivity contribution >= 4 is 17.5 Å². The van der Waals surface area contributed by atoms with E-state index in [1.54, 1.807) is 16.8 Å². The third-order valence-corrected chi connectivity index (χ3v) is 3.71. The van der Waals surface area contributed by atoms with E-state index in [1.807, 2.05) is 18.9 Å². The molecular formula is C14H22N4O2. The Bertz CT molecular complexity index is 501. The monoisotopic (exact) mass is 278 g/mol. The van der Waals surface area contributed by atoms with Gasteiger partial charge in [0.05, 0.1) is 5.69 Å². The van der Waals surface area contributed by atoms with Crippen LogP contribution in [0.3, 0.4) is 0 Å². The Labute approximate surface area is 118 Å². The molecule has 20 heavy (non-hydrogen) atoms. The van der Waals surface area contributed by atoms with Gasteiger partial charge < -0.3 is 20.5 Å². The van der Waals surface area contributed by atoms with E-state index >= 15 is 0 Å². The van der Waals surface area contributed by atoms with Crippen LogP contribution in [0.4, 0.5) is 5.69 Å². The molecule has 0 saturated carbocycles. The summed E-state index contributed by atoms with van der Waals surface area (Å²) in [5.41, 5.74) is 6.91. The molecule has 2 amide bonds. The molecule has 6 heteroatoms. The number of piperidine rings is 1. The second-order valence-electron chi connectivity index (χ2n) is 5.26. The van der Waals surface area contributed by atoms with Crippen molar-refractivity contribution in [1.29, 1.82) is 0 Å². The summed E-state index contributed by atoms with van der Waals surface area (Å²) < 4.78 is 1.75. The molecule has 0 spiro atoms. The van der Waals surface area contributed by atoms with Crippen LogP contribution in [-0.2, 0) is 11.8 Å². The van der Waals surface area contributed by atoms with Gasteiger partial charge in [0.15, 0.2) is 0 Å². The summed E-state index contributed by atoms with van der Waals surface area (Å²) in [5, 5.41) is 2.98. The molecule has 0 aliphatic carbocycles. The van der Waals surface area contributed by atoms with Crippen molar-refractivity contribution in [2.24, 2.45) is 7.05 Å². The third-order valence-electron chi connectivity index (χ3n) is 3.71. The maximum Gasteiger partial charge on any atom is 0.270 e. The predicted octanol–water partition coefficient (Wildman–Crippen LogP) is 0.738. The fourth-order valence-electron chi connectivity index (χ4n) is 2.52. The number of amides is 2. The van der Waals surface area contributed by atoms with Crippen LogP contribution in [0.2, 0.25) is 0 Å². The van der Waals surface area contributed by atoms with Gasteiger partial charge in [-0.1, -0.05) is 6.92 Å². The van der Waals surface area contributed by atoms with Crippen molar-refractivity contribution in [3.05, 3.63) is 18.0 Å². The number of carbonyl (C=O) groups is 2. The highest BCUT2D eigenvalue weighted by atomic mass is 16.2. The summed E-state index contributed by atoms with van der Waals surface area (Å²) in [6.07, 6.45) is 3.85. The Morgan fingerprint density at radius 2 is 2.05 bits per heavy atom. The number of anilines is 1. The maximum atomic E-state index is 12.4. The highest BCUT2D eigenvalue weighted by Crippen LogP contribution is 2.16. The van der Waals surface area contributed by atoms with Crippen LogP contribution in [0, 0.1) is 0 Å². The van der Waals surface area contributed by atoms with Crippen molar-refractivity contribution in [3.63, 3.8) is 0 Å². The van der Waals surface area contributed by atoms with Crippen molar-refractivity contribution in [2.45, 2.75) is 32.2 Å². The first kappa shape index (κ1) is 14.4. The van der Waals surface area contributed by atoms with Gasteiger partial charge in [0.25, 0.3) is 5.91 Å². The Hall–Kier alpha value is -1.98. The lowest BCUT2D eigenvalue weighted by atomic mass is 10.0. The predicted molar refractivity (Wildman–Crippen MR) is 77.2 cm³/mol. The highest BCUT2D eigenvalue weighted by molar-refractivity contribution is 5.93. The minimum Gasteiger partial charge on any atom is -0.397 e. The molecule has 2 rings (SSSR count). The Balaban J connectivity index is 1.92. The largest absolute Gasteiger partial charge is 0.397 e. The SMILES string of the molecule is CCC(=O)NC1CCN(C(=O)c2cc(N)cn2C)CC1. The van der Waals surface area contributed by atoms with Gasteiger partial charge in [0.2, 0.25) is 5.91 Å². The normalized spacial score (nSPS) is 16.2. The van der Waals surface area contributed by atoms with Gasteiger partial charge in [-0.3, -0.25) is 9.59 Å². The molecule has 1 saturated heterocycles. The smallest absolute Gasteiger partial charge is 0.270 e. The molecule has 1 aliphatic rings. The number of nitrogens with zero attached hydrogens (tertiary/aromatic N) is 2. The van der Waals surface area contributed by atoms with E-state index in [0.717, 1.165) is 12.8 Å². The molecule has 1 aromatic heterocycles. The Kier molecular flexibility index (Phi) is 4.32. The molecule has 2 heterocycles. The number of aryl methyl sites for hydroxylation is 1. The number of carbonyl (C=O) groups excluding carboxylic acids is 2. The number of nitrogens with two attached hydrogens (primary N) is 1. The number of likely N-dealkylation sites (tertiary alicyclic amines) is 1. The Morgan fingerprint density at radius 1 is 1.40 bits per heavy atom. The summed E-state index contributed by atoms with van der Waals surface area (Å²) in [4.78, 5) is 25.6. The molecule has 0 bridgehead atoms. The number of hydrogen-bond acceptors (Lipinski definition) is 3. The summed E-state index contributed by atoms with van der Waals surface area (Å²) >= 11 is 0. The first-order valence-corrected chi connectivity index (χ1v) is 7.01. The number of nitrogens with one attached hydrogen (secondary N) is 1. The van der Waals surface area contributed by atoms with Crippen LogP contribution in [0.5, 0.6) is 0 Å². The van der Waals surface area contributed by atoms with Gasteiger partial charge >= 0.3 is 0 Å². The zero-order valence-corrected chi connectivity index (χ0v) is 12.1. The van der Waals surface area contributed by atoms with Crippen LogP contribution in [-0.4, -0.2) is 40.4 Å². The first-order valence-electron chi connectivity index (χ1n) is 7.01. The van der Waals surface area contributed by atoms with E-state index in [-0.39, 0.29) is 17.9 Å². The van der Waals surface area contributed by atoms with Gasteiger partial charge in [-0.15, -0.1) is 0 Å². The maximum absolute atomic E-state index is 12.4. The van der Waals surface area contributed by atoms with E-state index in [9.17, 15) is 9.59 Å². The topological polar surface area (TPSA) is 80.4 Å². The van der Waals surface area contributed by atoms with E-state index in [1.165, 1.54) is 0 Å². The Morgan fingerprint density at radius 3 is 2.55 bits per heavy atom. The summed E-state index contributed by atoms with van der Waals surface area (Å²) in [7, 11) is 1.82. The number of nitrogen functional groups attached to an aromatic ring is 1. The number of rotatable bonds is 3. The van der Waals surface area contributed by atoms with E-state index in [0.29, 0.717) is 30.9 Å². The van der Waals surface area contributed by atoms with Crippen LogP contribution >= 0.6 is 0 Å². The van der Waals surface area contributed by atoms with Gasteiger partial charge in [-0.25, -0.2) is 0 Å². The standard InChI is InChI=1S/C14H22N4O2/c1-3-13(19)16-11-4-6-18(7-5-11)14(20)12-8-10(15)9-17(12)2/h8-9,11H,3-7,15H2,1-2H3,(H,16,19). The average Bonchev–Trinajstić information content (AvgIpc) is 2.77. The van der Waals surface area contributed by atoms with Gasteiger partial charge in [0, 0.05) is 38.8 Å². The molecule has 6 nitrogen and oxygen atoms in total.